The van der Waals surface area contributed by atoms with Gasteiger partial charge in [0.15, 0.2) is 0 Å². The van der Waals surface area contributed by atoms with Crippen LogP contribution < -0.4 is 10.6 Å². The lowest BCUT2D eigenvalue weighted by molar-refractivity contribution is -0.112. The molecule has 2 aromatic carbocycles. The molecule has 0 unspecified atom stereocenters. The Balaban J connectivity index is 2.15. The van der Waals surface area contributed by atoms with Gasteiger partial charge in [0, 0.05) is 18.0 Å². The molecule has 8 heteroatoms. The molecule has 0 aromatic heterocycles. The van der Waals surface area contributed by atoms with Gasteiger partial charge in [-0.05, 0) is 30.3 Å². The number of nitriles is 1. The first-order chi connectivity index (χ1) is 11.4. The van der Waals surface area contributed by atoms with Crippen LogP contribution in [0.25, 0.3) is 0 Å². The van der Waals surface area contributed by atoms with Crippen molar-refractivity contribution < 1.29 is 13.6 Å². The van der Waals surface area contributed by atoms with Gasteiger partial charge in [-0.3, -0.25) is 4.79 Å². The molecular formula is C16H9Cl2F2N3O. The molecule has 0 aliphatic rings. The van der Waals surface area contributed by atoms with E-state index < -0.39 is 17.5 Å². The summed E-state index contributed by atoms with van der Waals surface area (Å²) in [5.41, 5.74) is -0.220. The Morgan fingerprint density at radius 1 is 1.12 bits per heavy atom. The third-order valence-electron chi connectivity index (χ3n) is 2.84. The minimum atomic E-state index is -0.750. The molecule has 0 saturated carbocycles. The zero-order valence-corrected chi connectivity index (χ0v) is 13.4. The summed E-state index contributed by atoms with van der Waals surface area (Å²) in [6, 6.07) is 8.83. The van der Waals surface area contributed by atoms with Crippen LogP contribution in [0.3, 0.4) is 0 Å². The molecule has 1 amide bonds. The van der Waals surface area contributed by atoms with Crippen molar-refractivity contribution in [2.45, 2.75) is 0 Å². The average Bonchev–Trinajstić information content (AvgIpc) is 2.54. The maximum absolute atomic E-state index is 13.5. The molecule has 0 heterocycles. The van der Waals surface area contributed by atoms with Gasteiger partial charge in [-0.25, -0.2) is 8.78 Å². The van der Waals surface area contributed by atoms with Gasteiger partial charge in [-0.15, -0.1) is 0 Å². The molecule has 0 spiro atoms. The molecule has 0 atom stereocenters. The summed E-state index contributed by atoms with van der Waals surface area (Å²) in [5, 5.41) is 14.4. The Labute approximate surface area is 146 Å². The van der Waals surface area contributed by atoms with E-state index in [9.17, 15) is 13.6 Å². The molecule has 0 bridgehead atoms. The van der Waals surface area contributed by atoms with Crippen molar-refractivity contribution >= 4 is 40.5 Å². The van der Waals surface area contributed by atoms with E-state index in [2.05, 4.69) is 10.6 Å². The van der Waals surface area contributed by atoms with Crippen LogP contribution in [0.4, 0.5) is 20.2 Å². The SMILES string of the molecule is N#C/C(=C/Nc1cc(F)ccc1F)C(=O)Nc1ccc(Cl)c(Cl)c1. The topological polar surface area (TPSA) is 64.9 Å². The Morgan fingerprint density at radius 3 is 2.54 bits per heavy atom. The van der Waals surface area contributed by atoms with Crippen molar-refractivity contribution in [1.82, 2.24) is 0 Å². The van der Waals surface area contributed by atoms with Gasteiger partial charge in [0.25, 0.3) is 5.91 Å². The lowest BCUT2D eigenvalue weighted by Gasteiger charge is -2.07. The van der Waals surface area contributed by atoms with Crippen LogP contribution in [0.5, 0.6) is 0 Å². The highest BCUT2D eigenvalue weighted by molar-refractivity contribution is 6.42. The summed E-state index contributed by atoms with van der Waals surface area (Å²) in [4.78, 5) is 12.0. The Kier molecular flexibility index (Phi) is 5.74. The van der Waals surface area contributed by atoms with Gasteiger partial charge >= 0.3 is 0 Å². The second-order valence-electron chi connectivity index (χ2n) is 4.52. The van der Waals surface area contributed by atoms with Crippen LogP contribution in [0.15, 0.2) is 48.2 Å². The maximum Gasteiger partial charge on any atom is 0.267 e. The zero-order valence-electron chi connectivity index (χ0n) is 11.9. The first kappa shape index (κ1) is 17.7. The van der Waals surface area contributed by atoms with Crippen molar-refractivity contribution in [3.8, 4) is 6.07 Å². The number of hydrogen-bond acceptors (Lipinski definition) is 3. The van der Waals surface area contributed by atoms with Gasteiger partial charge in [0.2, 0.25) is 0 Å². The van der Waals surface area contributed by atoms with Crippen LogP contribution in [0.2, 0.25) is 10.0 Å². The van der Waals surface area contributed by atoms with Crippen molar-refractivity contribution in [2.24, 2.45) is 0 Å². The number of hydrogen-bond donors (Lipinski definition) is 2. The predicted octanol–water partition coefficient (Wildman–Crippen LogP) is 4.73. The van der Waals surface area contributed by atoms with E-state index in [1.54, 1.807) is 6.07 Å². The van der Waals surface area contributed by atoms with Crippen molar-refractivity contribution in [3.05, 3.63) is 69.9 Å². The molecule has 2 aromatic rings. The summed E-state index contributed by atoms with van der Waals surface area (Å²) in [6.45, 7) is 0. The first-order valence-electron chi connectivity index (χ1n) is 6.49. The van der Waals surface area contributed by atoms with E-state index in [-0.39, 0.29) is 16.3 Å². The summed E-state index contributed by atoms with van der Waals surface area (Å²) < 4.78 is 26.6. The molecule has 0 fully saturated rings. The standard InChI is InChI=1S/C16H9Cl2F2N3O/c17-12-3-2-11(6-13(12)18)23-16(24)9(7-21)8-22-15-5-10(19)1-4-14(15)20/h1-6,8,22H,(H,23,24)/b9-8-. The van der Waals surface area contributed by atoms with E-state index in [1.165, 1.54) is 18.2 Å². The Hall–Kier alpha value is -2.62. The monoisotopic (exact) mass is 367 g/mol. The number of nitrogens with one attached hydrogen (secondary N) is 2. The molecule has 0 aliphatic heterocycles. The summed E-state index contributed by atoms with van der Waals surface area (Å²) in [5.74, 6) is -2.14. The number of benzene rings is 2. The quantitative estimate of drug-likeness (QED) is 0.606. The Morgan fingerprint density at radius 2 is 1.88 bits per heavy atom. The molecule has 2 rings (SSSR count). The third-order valence-corrected chi connectivity index (χ3v) is 3.58. The van der Waals surface area contributed by atoms with Gasteiger partial charge in [-0.1, -0.05) is 23.2 Å². The number of nitrogens with zero attached hydrogens (tertiary/aromatic N) is 1. The van der Waals surface area contributed by atoms with E-state index >= 15 is 0 Å². The molecule has 24 heavy (non-hydrogen) atoms. The first-order valence-corrected chi connectivity index (χ1v) is 7.24. The number of rotatable bonds is 4. The minimum absolute atomic E-state index is 0.204. The van der Waals surface area contributed by atoms with Crippen molar-refractivity contribution in [2.75, 3.05) is 10.6 Å². The fourth-order valence-electron chi connectivity index (χ4n) is 1.68. The molecule has 0 aliphatic carbocycles. The number of amides is 1. The predicted molar refractivity (Wildman–Crippen MR) is 88.8 cm³/mol. The highest BCUT2D eigenvalue weighted by atomic mass is 35.5. The summed E-state index contributed by atoms with van der Waals surface area (Å²) in [6.07, 6.45) is 0.977. The fourth-order valence-corrected chi connectivity index (χ4v) is 1.98. The van der Waals surface area contributed by atoms with Crippen molar-refractivity contribution in [3.63, 3.8) is 0 Å². The Bertz CT molecular complexity index is 863. The molecule has 2 N–H and O–H groups in total. The smallest absolute Gasteiger partial charge is 0.267 e. The fraction of sp³-hybridized carbons (Fsp3) is 0. The second-order valence-corrected chi connectivity index (χ2v) is 5.34. The molecule has 0 saturated heterocycles. The molecule has 4 nitrogen and oxygen atoms in total. The van der Waals surface area contributed by atoms with E-state index in [1.807, 2.05) is 0 Å². The largest absolute Gasteiger partial charge is 0.358 e. The summed E-state index contributed by atoms with van der Waals surface area (Å²) in [7, 11) is 0. The number of anilines is 2. The van der Waals surface area contributed by atoms with Crippen LogP contribution in [0.1, 0.15) is 0 Å². The normalized spacial score (nSPS) is 10.9. The zero-order chi connectivity index (χ0) is 17.7. The second kappa shape index (κ2) is 7.77. The van der Waals surface area contributed by atoms with Gasteiger partial charge < -0.3 is 10.6 Å². The lowest BCUT2D eigenvalue weighted by Crippen LogP contribution is -2.14. The highest BCUT2D eigenvalue weighted by Crippen LogP contribution is 2.25. The maximum atomic E-state index is 13.5. The van der Waals surface area contributed by atoms with Gasteiger partial charge in [0.05, 0.1) is 15.7 Å². The van der Waals surface area contributed by atoms with E-state index in [4.69, 9.17) is 28.5 Å². The van der Waals surface area contributed by atoms with Gasteiger partial charge in [-0.2, -0.15) is 5.26 Å². The van der Waals surface area contributed by atoms with Crippen LogP contribution in [0, 0.1) is 23.0 Å². The van der Waals surface area contributed by atoms with Gasteiger partial charge in [0.1, 0.15) is 23.3 Å². The number of carbonyl (C=O) groups excluding carboxylic acids is 1. The minimum Gasteiger partial charge on any atom is -0.358 e. The summed E-state index contributed by atoms with van der Waals surface area (Å²) >= 11 is 11.6. The average molecular weight is 368 g/mol. The van der Waals surface area contributed by atoms with E-state index in [0.717, 1.165) is 24.4 Å². The number of carbonyl (C=O) groups is 1. The highest BCUT2D eigenvalue weighted by Gasteiger charge is 2.11. The molecule has 0 radical (unpaired) electrons. The van der Waals surface area contributed by atoms with E-state index in [0.29, 0.717) is 10.7 Å². The molecule has 122 valence electrons. The van der Waals surface area contributed by atoms with Crippen LogP contribution >= 0.6 is 23.2 Å². The third kappa shape index (κ3) is 4.44. The molecular weight excluding hydrogens is 359 g/mol. The van der Waals surface area contributed by atoms with Crippen molar-refractivity contribution in [1.29, 1.82) is 5.26 Å². The lowest BCUT2D eigenvalue weighted by atomic mass is 10.2. The van der Waals surface area contributed by atoms with Crippen LogP contribution in [-0.2, 0) is 4.79 Å². The number of halogens is 4. The van der Waals surface area contributed by atoms with Crippen LogP contribution in [-0.4, -0.2) is 5.91 Å².